The number of nitrogens with two attached hydrogens (primary N) is 2. The largest absolute Gasteiger partial charge is 0.487 e. The molecule has 0 aliphatic heterocycles. The van der Waals surface area contributed by atoms with Gasteiger partial charge in [0.15, 0.2) is 0 Å². The molecule has 5 N–H and O–H groups in total. The molecule has 103 valence electrons. The van der Waals surface area contributed by atoms with Crippen LogP contribution in [0.25, 0.3) is 0 Å². The fourth-order valence-electron chi connectivity index (χ4n) is 0.461. The van der Waals surface area contributed by atoms with Crippen molar-refractivity contribution in [2.24, 2.45) is 11.5 Å². The summed E-state index contributed by atoms with van der Waals surface area (Å²) in [6, 6.07) is 0. The maximum absolute atomic E-state index is 7.56. The number of unbranched alkanes of at least 4 members (excludes halogenated alkanes) is 2. The predicted molar refractivity (Wildman–Crippen MR) is 76.8 cm³/mol. The predicted octanol–water partition coefficient (Wildman–Crippen LogP) is 2.59. The Morgan fingerprint density at radius 2 is 1.59 bits per heavy atom. The standard InChI is InChI=1S/C5H11NOS.C4H9.CH3NOS.Mo/c1-2-3-4-7-5(6)8;1-3-4-2;2-1(3)4;/h2-4H2,1H3,(H2,6,8);1,3-4H2,2H3;(H3,2,3,4);. The summed E-state index contributed by atoms with van der Waals surface area (Å²) in [5, 5.41) is 7.22. The zero-order chi connectivity index (χ0) is 14.1. The summed E-state index contributed by atoms with van der Waals surface area (Å²) in [5.74, 6) is 0. The number of aliphatic hydroxyl groups excluding tert-OH is 1. The molecule has 0 bridgehead atoms. The van der Waals surface area contributed by atoms with Gasteiger partial charge in [-0.1, -0.05) is 13.3 Å². The van der Waals surface area contributed by atoms with Crippen LogP contribution in [0.3, 0.4) is 0 Å². The van der Waals surface area contributed by atoms with Crippen molar-refractivity contribution in [3.8, 4) is 0 Å². The number of ether oxygens (including phenoxy) is 1. The monoisotopic (exact) mass is 365 g/mol. The van der Waals surface area contributed by atoms with Gasteiger partial charge in [-0.3, -0.25) is 0 Å². The first-order chi connectivity index (χ1) is 7.92. The zero-order valence-corrected chi connectivity index (χ0v) is 14.1. The maximum atomic E-state index is 7.56. The van der Waals surface area contributed by atoms with Crippen LogP contribution in [0.5, 0.6) is 0 Å². The van der Waals surface area contributed by atoms with Crippen LogP contribution in [-0.4, -0.2) is 22.1 Å². The van der Waals surface area contributed by atoms with Gasteiger partial charge in [-0.05, 0) is 30.9 Å². The smallest absolute Gasteiger partial charge is 0.251 e. The molecule has 0 unspecified atom stereocenters. The first-order valence-corrected chi connectivity index (χ1v) is 7.64. The second kappa shape index (κ2) is 21.4. The number of aliphatic hydroxyl groups is 1. The third kappa shape index (κ3) is 63.7. The van der Waals surface area contributed by atoms with Crippen LogP contribution in [0, 0.1) is 0 Å². The Balaban J connectivity index is -0.000000188. The molecule has 0 saturated carbocycles. The van der Waals surface area contributed by atoms with Gasteiger partial charge in [-0.2, -0.15) is 0 Å². The normalized spacial score (nSPS) is 7.88. The summed E-state index contributed by atoms with van der Waals surface area (Å²) in [6.45, 7) is 4.96. The Labute approximate surface area is 126 Å². The van der Waals surface area contributed by atoms with E-state index in [4.69, 9.17) is 15.6 Å². The molecule has 0 aromatic heterocycles. The van der Waals surface area contributed by atoms with E-state index in [2.05, 4.69) is 63.8 Å². The molecular formula is C10H23MoN2O2S2. The quantitative estimate of drug-likeness (QED) is 0.396. The van der Waals surface area contributed by atoms with Gasteiger partial charge in [0.1, 0.15) is 0 Å². The Hall–Kier alpha value is 0.0683. The number of hydrogen-bond donors (Lipinski definition) is 3. The molecule has 0 rings (SSSR count). The summed E-state index contributed by atoms with van der Waals surface area (Å²) in [7, 11) is 0. The van der Waals surface area contributed by atoms with Gasteiger partial charge in [0.2, 0.25) is 0 Å². The van der Waals surface area contributed by atoms with E-state index in [-0.39, 0.29) is 5.17 Å². The van der Waals surface area contributed by atoms with Crippen molar-refractivity contribution in [1.82, 2.24) is 0 Å². The van der Waals surface area contributed by atoms with Gasteiger partial charge in [-0.15, -0.1) is 0 Å². The van der Waals surface area contributed by atoms with Crippen LogP contribution in [0.2, 0.25) is 4.81 Å². The molecule has 0 amide bonds. The van der Waals surface area contributed by atoms with Crippen LogP contribution < -0.4 is 11.5 Å². The first kappa shape index (κ1) is 22.3. The molecule has 17 heavy (non-hydrogen) atoms. The van der Waals surface area contributed by atoms with Gasteiger partial charge < -0.3 is 21.3 Å². The molecular weight excluding hydrogens is 340 g/mol. The second-order valence-electron chi connectivity index (χ2n) is 2.92. The van der Waals surface area contributed by atoms with E-state index >= 15 is 0 Å². The summed E-state index contributed by atoms with van der Waals surface area (Å²) >= 11 is 10.5. The molecule has 0 saturated heterocycles. The SMILES string of the molecule is CCCCOC(N)=S.CCC[CH2][Mo].NC(O)=S. The molecule has 0 aromatic rings. The molecule has 0 radical (unpaired) electrons. The summed E-state index contributed by atoms with van der Waals surface area (Å²) in [6.07, 6.45) is 4.88. The van der Waals surface area contributed by atoms with Crippen molar-refractivity contribution >= 4 is 34.8 Å². The first-order valence-electron chi connectivity index (χ1n) is 5.40. The van der Waals surface area contributed by atoms with Crippen molar-refractivity contribution < 1.29 is 29.7 Å². The molecule has 0 aliphatic rings. The van der Waals surface area contributed by atoms with Crippen molar-refractivity contribution in [2.45, 2.75) is 44.3 Å². The minimum Gasteiger partial charge on any atom is -0.487 e. The van der Waals surface area contributed by atoms with Crippen molar-refractivity contribution in [2.75, 3.05) is 6.61 Å². The van der Waals surface area contributed by atoms with E-state index in [1.807, 2.05) is 0 Å². The number of rotatable bonds is 5. The van der Waals surface area contributed by atoms with E-state index in [1.54, 1.807) is 0 Å². The van der Waals surface area contributed by atoms with E-state index in [1.165, 1.54) is 17.7 Å². The summed E-state index contributed by atoms with van der Waals surface area (Å²) in [4.78, 5) is 1.35. The zero-order valence-electron chi connectivity index (χ0n) is 10.5. The van der Waals surface area contributed by atoms with Crippen LogP contribution in [0.4, 0.5) is 0 Å². The maximum Gasteiger partial charge on any atom is 0.251 e. The van der Waals surface area contributed by atoms with Gasteiger partial charge in [0, 0.05) is 0 Å². The van der Waals surface area contributed by atoms with Crippen LogP contribution in [0.1, 0.15) is 39.5 Å². The Morgan fingerprint density at radius 3 is 1.76 bits per heavy atom. The minimum absolute atomic E-state index is 0.151. The Kier molecular flexibility index (Phi) is 28.0. The summed E-state index contributed by atoms with van der Waals surface area (Å²) in [5.41, 5.74) is 9.44. The van der Waals surface area contributed by atoms with Gasteiger partial charge >= 0.3 is 44.4 Å². The average molecular weight is 363 g/mol. The van der Waals surface area contributed by atoms with Crippen molar-refractivity contribution in [3.63, 3.8) is 0 Å². The fourth-order valence-corrected chi connectivity index (χ4v) is 1.25. The van der Waals surface area contributed by atoms with Gasteiger partial charge in [0.25, 0.3) is 10.3 Å². The van der Waals surface area contributed by atoms with Crippen molar-refractivity contribution in [3.05, 3.63) is 0 Å². The van der Waals surface area contributed by atoms with E-state index in [0.29, 0.717) is 6.61 Å². The van der Waals surface area contributed by atoms with E-state index < -0.39 is 5.17 Å². The molecule has 0 atom stereocenters. The Bertz CT molecular complexity index is 178. The molecule has 0 fully saturated rings. The van der Waals surface area contributed by atoms with Gasteiger partial charge in [0.05, 0.1) is 6.61 Å². The third-order valence-electron chi connectivity index (χ3n) is 1.24. The molecule has 0 spiro atoms. The Morgan fingerprint density at radius 1 is 1.18 bits per heavy atom. The topological polar surface area (TPSA) is 81.5 Å². The molecule has 0 aliphatic carbocycles. The number of hydrogen-bond acceptors (Lipinski definition) is 3. The second-order valence-corrected chi connectivity index (χ2v) is 4.74. The van der Waals surface area contributed by atoms with Crippen LogP contribution in [0.15, 0.2) is 0 Å². The number of thiocarbonyl (C=S) groups is 2. The average Bonchev–Trinajstić information content (AvgIpc) is 2.19. The fraction of sp³-hybridized carbons (Fsp3) is 0.800. The molecule has 4 nitrogen and oxygen atoms in total. The summed E-state index contributed by atoms with van der Waals surface area (Å²) < 4.78 is 4.79. The molecule has 0 aromatic carbocycles. The molecule has 7 heteroatoms. The van der Waals surface area contributed by atoms with Crippen LogP contribution in [-0.2, 0) is 24.6 Å². The molecule has 0 heterocycles. The third-order valence-corrected chi connectivity index (χ3v) is 2.07. The minimum atomic E-state index is -0.500. The van der Waals surface area contributed by atoms with Gasteiger partial charge in [-0.25, -0.2) is 0 Å². The van der Waals surface area contributed by atoms with Crippen LogP contribution >= 0.6 is 24.4 Å². The van der Waals surface area contributed by atoms with E-state index in [0.717, 1.165) is 12.8 Å². The van der Waals surface area contributed by atoms with Crippen molar-refractivity contribution in [1.29, 1.82) is 0 Å². The van der Waals surface area contributed by atoms with E-state index in [9.17, 15) is 0 Å².